The maximum atomic E-state index is 11.3. The summed E-state index contributed by atoms with van der Waals surface area (Å²) in [6.45, 7) is 6.62. The number of nitrogen functional groups attached to an aromatic ring is 1. The zero-order valence-corrected chi connectivity index (χ0v) is 13.1. The first-order chi connectivity index (χ1) is 9.84. The molecule has 112 valence electrons. The highest BCUT2D eigenvalue weighted by molar-refractivity contribution is 7.21. The Hall–Kier alpha value is -1.66. The number of aryl methyl sites for hydroxylation is 1. The summed E-state index contributed by atoms with van der Waals surface area (Å²) >= 11 is 1.16. The maximum Gasteiger partial charge on any atom is 0.348 e. The summed E-state index contributed by atoms with van der Waals surface area (Å²) in [5.41, 5.74) is 9.32. The van der Waals surface area contributed by atoms with E-state index in [0.717, 1.165) is 44.8 Å². The molecule has 0 aliphatic carbocycles. The van der Waals surface area contributed by atoms with Crippen LogP contribution in [0.4, 0.5) is 5.69 Å². The van der Waals surface area contributed by atoms with E-state index in [2.05, 4.69) is 4.98 Å². The van der Waals surface area contributed by atoms with Crippen molar-refractivity contribution in [3.63, 3.8) is 0 Å². The fraction of sp³-hybridized carbons (Fsp3) is 0.467. The van der Waals surface area contributed by atoms with Gasteiger partial charge in [0.15, 0.2) is 0 Å². The van der Waals surface area contributed by atoms with E-state index in [1.165, 1.54) is 0 Å². The average Bonchev–Trinajstić information content (AvgIpc) is 2.74. The molecule has 6 heteroatoms. The fourth-order valence-electron chi connectivity index (χ4n) is 2.88. The summed E-state index contributed by atoms with van der Waals surface area (Å²) in [4.78, 5) is 16.8. The lowest BCUT2D eigenvalue weighted by Gasteiger charge is -2.33. The van der Waals surface area contributed by atoms with E-state index >= 15 is 0 Å². The molecule has 0 spiro atoms. The second-order valence-electron chi connectivity index (χ2n) is 5.92. The van der Waals surface area contributed by atoms with E-state index in [1.807, 2.05) is 20.8 Å². The largest absolute Gasteiger partial charge is 0.477 e. The Labute approximate surface area is 126 Å². The minimum atomic E-state index is -0.992. The predicted molar refractivity (Wildman–Crippen MR) is 82.9 cm³/mol. The van der Waals surface area contributed by atoms with E-state index in [0.29, 0.717) is 18.7 Å². The molecule has 0 radical (unpaired) electrons. The molecule has 2 aromatic rings. The van der Waals surface area contributed by atoms with Crippen molar-refractivity contribution in [1.29, 1.82) is 0 Å². The standard InChI is InChI=1S/C15H18N2O3S/c1-4-9-8-6-20-15(2,3)5-7(8)10-11(16)12(14(18)19)21-13(10)17-9/h4-6,16H2,1-3H3,(H,18,19). The Morgan fingerprint density at radius 2 is 2.19 bits per heavy atom. The van der Waals surface area contributed by atoms with Gasteiger partial charge in [-0.2, -0.15) is 0 Å². The van der Waals surface area contributed by atoms with Crippen LogP contribution < -0.4 is 5.73 Å². The molecule has 0 aromatic carbocycles. The highest BCUT2D eigenvalue weighted by atomic mass is 32.1. The first kappa shape index (κ1) is 14.3. The minimum absolute atomic E-state index is 0.178. The number of nitrogens with zero attached hydrogens (tertiary/aromatic N) is 1. The van der Waals surface area contributed by atoms with Gasteiger partial charge in [0.1, 0.15) is 9.71 Å². The third kappa shape index (κ3) is 2.18. The lowest BCUT2D eigenvalue weighted by molar-refractivity contribution is -0.0401. The molecule has 0 bridgehead atoms. The van der Waals surface area contributed by atoms with Gasteiger partial charge in [0.25, 0.3) is 0 Å². The molecule has 5 nitrogen and oxygen atoms in total. The van der Waals surface area contributed by atoms with E-state index in [9.17, 15) is 9.90 Å². The van der Waals surface area contributed by atoms with Crippen LogP contribution in [0.15, 0.2) is 0 Å². The SMILES string of the molecule is CCc1nc2sc(C(=O)O)c(N)c2c2c1COC(C)(C)C2. The highest BCUT2D eigenvalue weighted by Gasteiger charge is 2.31. The van der Waals surface area contributed by atoms with Gasteiger partial charge < -0.3 is 15.6 Å². The first-order valence-corrected chi connectivity index (χ1v) is 7.75. The fourth-order valence-corrected chi connectivity index (χ4v) is 3.86. The van der Waals surface area contributed by atoms with Crippen LogP contribution in [-0.2, 0) is 24.2 Å². The monoisotopic (exact) mass is 306 g/mol. The molecule has 0 atom stereocenters. The van der Waals surface area contributed by atoms with Crippen molar-refractivity contribution in [3.05, 3.63) is 21.7 Å². The van der Waals surface area contributed by atoms with E-state index in [-0.39, 0.29) is 10.5 Å². The molecule has 3 heterocycles. The average molecular weight is 306 g/mol. The van der Waals surface area contributed by atoms with Crippen molar-refractivity contribution >= 4 is 33.2 Å². The van der Waals surface area contributed by atoms with Crippen LogP contribution in [0.25, 0.3) is 10.2 Å². The van der Waals surface area contributed by atoms with Crippen LogP contribution >= 0.6 is 11.3 Å². The van der Waals surface area contributed by atoms with Crippen LogP contribution in [0.3, 0.4) is 0 Å². The van der Waals surface area contributed by atoms with Gasteiger partial charge in [-0.3, -0.25) is 0 Å². The number of carboxylic acid groups (broad SMARTS) is 1. The number of hydrogen-bond acceptors (Lipinski definition) is 5. The predicted octanol–water partition coefficient (Wildman–Crippen LogP) is 2.99. The van der Waals surface area contributed by atoms with Crippen molar-refractivity contribution < 1.29 is 14.6 Å². The van der Waals surface area contributed by atoms with Crippen molar-refractivity contribution in [2.24, 2.45) is 0 Å². The minimum Gasteiger partial charge on any atom is -0.477 e. The molecule has 2 aromatic heterocycles. The van der Waals surface area contributed by atoms with Gasteiger partial charge in [0.2, 0.25) is 0 Å². The maximum absolute atomic E-state index is 11.3. The second-order valence-corrected chi connectivity index (χ2v) is 6.92. The Balaban J connectivity index is 2.36. The van der Waals surface area contributed by atoms with E-state index in [4.69, 9.17) is 10.5 Å². The molecule has 0 fully saturated rings. The number of aromatic carboxylic acids is 1. The van der Waals surface area contributed by atoms with E-state index < -0.39 is 5.97 Å². The number of ether oxygens (including phenoxy) is 1. The van der Waals surface area contributed by atoms with Crippen molar-refractivity contribution in [1.82, 2.24) is 4.98 Å². The Morgan fingerprint density at radius 1 is 1.48 bits per heavy atom. The summed E-state index contributed by atoms with van der Waals surface area (Å²) in [6, 6.07) is 0. The van der Waals surface area contributed by atoms with Crippen LogP contribution in [0, 0.1) is 0 Å². The smallest absolute Gasteiger partial charge is 0.348 e. The molecule has 0 amide bonds. The Kier molecular flexibility index (Phi) is 3.18. The zero-order valence-electron chi connectivity index (χ0n) is 12.3. The van der Waals surface area contributed by atoms with Crippen molar-refractivity contribution in [2.45, 2.75) is 45.8 Å². The van der Waals surface area contributed by atoms with Crippen LogP contribution in [0.5, 0.6) is 0 Å². The van der Waals surface area contributed by atoms with Gasteiger partial charge in [0, 0.05) is 23.1 Å². The summed E-state index contributed by atoms with van der Waals surface area (Å²) in [5, 5.41) is 10.1. The normalized spacial score (nSPS) is 16.9. The van der Waals surface area contributed by atoms with Crippen LogP contribution in [-0.4, -0.2) is 21.7 Å². The van der Waals surface area contributed by atoms with Gasteiger partial charge in [-0.05, 0) is 25.8 Å². The quantitative estimate of drug-likeness (QED) is 0.891. The lowest BCUT2D eigenvalue weighted by Crippen LogP contribution is -2.32. The van der Waals surface area contributed by atoms with Gasteiger partial charge in [-0.15, -0.1) is 11.3 Å². The number of aromatic nitrogens is 1. The molecular formula is C15H18N2O3S. The van der Waals surface area contributed by atoms with Gasteiger partial charge >= 0.3 is 5.97 Å². The van der Waals surface area contributed by atoms with Gasteiger partial charge in [-0.1, -0.05) is 6.92 Å². The van der Waals surface area contributed by atoms with Crippen molar-refractivity contribution in [2.75, 3.05) is 5.73 Å². The third-order valence-electron chi connectivity index (χ3n) is 3.92. The lowest BCUT2D eigenvalue weighted by atomic mass is 9.88. The summed E-state index contributed by atoms with van der Waals surface area (Å²) in [7, 11) is 0. The Bertz CT molecular complexity index is 749. The zero-order chi connectivity index (χ0) is 15.4. The number of hydrogen-bond donors (Lipinski definition) is 2. The van der Waals surface area contributed by atoms with Crippen LogP contribution in [0.2, 0.25) is 0 Å². The number of nitrogens with two attached hydrogens (primary N) is 1. The molecule has 0 saturated heterocycles. The number of rotatable bonds is 2. The molecule has 0 saturated carbocycles. The van der Waals surface area contributed by atoms with Gasteiger partial charge in [0.05, 0.1) is 17.9 Å². The molecular weight excluding hydrogens is 288 g/mol. The molecule has 3 N–H and O–H groups in total. The number of anilines is 1. The van der Waals surface area contributed by atoms with Crippen LogP contribution in [0.1, 0.15) is 47.3 Å². The highest BCUT2D eigenvalue weighted by Crippen LogP contribution is 2.41. The number of thiophene rings is 1. The Morgan fingerprint density at radius 3 is 2.81 bits per heavy atom. The number of pyridine rings is 1. The summed E-state index contributed by atoms with van der Waals surface area (Å²) in [6.07, 6.45) is 1.51. The molecule has 1 aliphatic heterocycles. The van der Waals surface area contributed by atoms with Gasteiger partial charge in [-0.25, -0.2) is 9.78 Å². The third-order valence-corrected chi connectivity index (χ3v) is 5.00. The molecule has 1 aliphatic rings. The molecule has 3 rings (SSSR count). The second kappa shape index (κ2) is 4.68. The number of carboxylic acids is 1. The van der Waals surface area contributed by atoms with E-state index in [1.54, 1.807) is 0 Å². The number of carbonyl (C=O) groups is 1. The summed E-state index contributed by atoms with van der Waals surface area (Å²) < 4.78 is 5.88. The topological polar surface area (TPSA) is 85.4 Å². The van der Waals surface area contributed by atoms with Crippen molar-refractivity contribution in [3.8, 4) is 0 Å². The first-order valence-electron chi connectivity index (χ1n) is 6.94. The molecule has 21 heavy (non-hydrogen) atoms. The summed E-state index contributed by atoms with van der Waals surface area (Å²) in [5.74, 6) is -0.992. The molecule has 0 unspecified atom stereocenters. The number of fused-ring (bicyclic) bond motifs is 3.